The second-order valence-electron chi connectivity index (χ2n) is 4.21. The van der Waals surface area contributed by atoms with Crippen LogP contribution in [0.3, 0.4) is 0 Å². The molecule has 0 aromatic heterocycles. The quantitative estimate of drug-likeness (QED) is 0.834. The van der Waals surface area contributed by atoms with Crippen molar-refractivity contribution < 1.29 is 19.2 Å². The van der Waals surface area contributed by atoms with Crippen molar-refractivity contribution in [2.24, 2.45) is 0 Å². The first-order valence-electron chi connectivity index (χ1n) is 6.03. The lowest BCUT2D eigenvalue weighted by Crippen LogP contribution is -3.08. The van der Waals surface area contributed by atoms with Crippen LogP contribution in [0.2, 0.25) is 5.02 Å². The number of benzene rings is 1. The molecular formula is C13H18ClN2O3+. The van der Waals surface area contributed by atoms with Gasteiger partial charge in [-0.3, -0.25) is 10.1 Å². The first-order valence-corrected chi connectivity index (χ1v) is 6.41. The SMILES string of the molecule is CCOC(=O)NC(=O)C[NH+](C)Cc1ccc(Cl)cc1. The summed E-state index contributed by atoms with van der Waals surface area (Å²) in [4.78, 5) is 23.5. The first kappa shape index (κ1) is 15.5. The Morgan fingerprint density at radius 3 is 2.53 bits per heavy atom. The summed E-state index contributed by atoms with van der Waals surface area (Å²) in [5.41, 5.74) is 1.07. The summed E-state index contributed by atoms with van der Waals surface area (Å²) in [5.74, 6) is -0.357. The number of likely N-dealkylation sites (N-methyl/N-ethyl adjacent to an activating group) is 1. The van der Waals surface area contributed by atoms with Gasteiger partial charge in [-0.15, -0.1) is 0 Å². The zero-order valence-corrected chi connectivity index (χ0v) is 11.8. The van der Waals surface area contributed by atoms with Crippen LogP contribution in [0.4, 0.5) is 4.79 Å². The smallest absolute Gasteiger partial charge is 0.414 e. The number of carbonyl (C=O) groups excluding carboxylic acids is 2. The standard InChI is InChI=1S/C13H17ClN2O3/c1-3-19-13(18)15-12(17)9-16(2)8-10-4-6-11(14)7-5-10/h4-7H,3,8-9H2,1-2H3,(H,15,17,18)/p+1. The van der Waals surface area contributed by atoms with E-state index in [2.05, 4.69) is 10.1 Å². The summed E-state index contributed by atoms with van der Waals surface area (Å²) >= 11 is 5.80. The van der Waals surface area contributed by atoms with Crippen molar-refractivity contribution in [3.8, 4) is 0 Å². The predicted molar refractivity (Wildman–Crippen MR) is 72.1 cm³/mol. The number of imide groups is 1. The highest BCUT2D eigenvalue weighted by atomic mass is 35.5. The zero-order chi connectivity index (χ0) is 14.3. The molecule has 0 heterocycles. The molecule has 1 aromatic carbocycles. The predicted octanol–water partition coefficient (Wildman–Crippen LogP) is 0.627. The lowest BCUT2D eigenvalue weighted by molar-refractivity contribution is -0.885. The molecule has 1 rings (SSSR count). The molecular weight excluding hydrogens is 268 g/mol. The number of halogens is 1. The molecule has 1 unspecified atom stereocenters. The van der Waals surface area contributed by atoms with Gasteiger partial charge in [-0.1, -0.05) is 23.7 Å². The number of amides is 2. The minimum atomic E-state index is -0.702. The van der Waals surface area contributed by atoms with E-state index in [0.29, 0.717) is 11.6 Å². The number of carbonyl (C=O) groups is 2. The molecule has 2 amide bonds. The average molecular weight is 286 g/mol. The lowest BCUT2D eigenvalue weighted by atomic mass is 10.2. The van der Waals surface area contributed by atoms with Crippen LogP contribution < -0.4 is 10.2 Å². The fraction of sp³-hybridized carbons (Fsp3) is 0.385. The van der Waals surface area contributed by atoms with Gasteiger partial charge in [-0.2, -0.15) is 0 Å². The Labute approximate surface area is 117 Å². The van der Waals surface area contributed by atoms with E-state index in [9.17, 15) is 9.59 Å². The van der Waals surface area contributed by atoms with Gasteiger partial charge in [0.25, 0.3) is 5.91 Å². The Hall–Kier alpha value is -1.59. The van der Waals surface area contributed by atoms with Gasteiger partial charge >= 0.3 is 6.09 Å². The van der Waals surface area contributed by atoms with Crippen LogP contribution in [0, 0.1) is 0 Å². The average Bonchev–Trinajstić information content (AvgIpc) is 2.32. The molecule has 0 saturated heterocycles. The number of hydrogen-bond acceptors (Lipinski definition) is 3. The van der Waals surface area contributed by atoms with E-state index in [0.717, 1.165) is 10.5 Å². The highest BCUT2D eigenvalue weighted by Crippen LogP contribution is 2.08. The van der Waals surface area contributed by atoms with Gasteiger partial charge in [-0.05, 0) is 19.1 Å². The van der Waals surface area contributed by atoms with Gasteiger partial charge < -0.3 is 9.64 Å². The molecule has 5 nitrogen and oxygen atoms in total. The summed E-state index contributed by atoms with van der Waals surface area (Å²) in [6, 6.07) is 7.44. The molecule has 0 fully saturated rings. The zero-order valence-electron chi connectivity index (χ0n) is 11.0. The number of quaternary nitrogens is 1. The fourth-order valence-corrected chi connectivity index (χ4v) is 1.74. The van der Waals surface area contributed by atoms with E-state index in [1.54, 1.807) is 6.92 Å². The second kappa shape index (κ2) is 7.76. The summed E-state index contributed by atoms with van der Waals surface area (Å²) in [6.45, 7) is 2.80. The fourth-order valence-electron chi connectivity index (χ4n) is 1.61. The molecule has 0 aliphatic carbocycles. The Balaban J connectivity index is 2.38. The maximum absolute atomic E-state index is 11.5. The van der Waals surface area contributed by atoms with E-state index >= 15 is 0 Å². The minimum absolute atomic E-state index is 0.196. The Morgan fingerprint density at radius 2 is 1.95 bits per heavy atom. The minimum Gasteiger partial charge on any atom is -0.450 e. The van der Waals surface area contributed by atoms with Crippen molar-refractivity contribution in [1.29, 1.82) is 0 Å². The molecule has 1 atom stereocenters. The van der Waals surface area contributed by atoms with Gasteiger partial charge in [0.15, 0.2) is 6.54 Å². The van der Waals surface area contributed by atoms with Gasteiger partial charge in [-0.25, -0.2) is 4.79 Å². The van der Waals surface area contributed by atoms with Crippen LogP contribution in [-0.4, -0.2) is 32.2 Å². The Bertz CT molecular complexity index is 434. The largest absolute Gasteiger partial charge is 0.450 e. The number of alkyl carbamates (subject to hydrolysis) is 1. The molecule has 0 radical (unpaired) electrons. The topological polar surface area (TPSA) is 59.8 Å². The lowest BCUT2D eigenvalue weighted by Gasteiger charge is -2.13. The highest BCUT2D eigenvalue weighted by Gasteiger charge is 2.13. The molecule has 2 N–H and O–H groups in total. The molecule has 0 saturated carbocycles. The van der Waals surface area contributed by atoms with Gasteiger partial charge in [0, 0.05) is 10.6 Å². The van der Waals surface area contributed by atoms with Crippen molar-refractivity contribution in [2.75, 3.05) is 20.2 Å². The van der Waals surface area contributed by atoms with Crippen molar-refractivity contribution in [3.05, 3.63) is 34.9 Å². The van der Waals surface area contributed by atoms with Gasteiger partial charge in [0.05, 0.1) is 13.7 Å². The number of ether oxygens (including phenoxy) is 1. The van der Waals surface area contributed by atoms with Crippen LogP contribution >= 0.6 is 11.6 Å². The van der Waals surface area contributed by atoms with E-state index in [1.165, 1.54) is 0 Å². The van der Waals surface area contributed by atoms with E-state index < -0.39 is 6.09 Å². The Morgan fingerprint density at radius 1 is 1.32 bits per heavy atom. The third-order valence-electron chi connectivity index (χ3n) is 2.40. The molecule has 104 valence electrons. The van der Waals surface area contributed by atoms with Gasteiger partial charge in [0.1, 0.15) is 6.54 Å². The maximum atomic E-state index is 11.5. The van der Waals surface area contributed by atoms with Crippen LogP contribution in [0.5, 0.6) is 0 Å². The summed E-state index contributed by atoms with van der Waals surface area (Å²) < 4.78 is 4.63. The maximum Gasteiger partial charge on any atom is 0.414 e. The molecule has 19 heavy (non-hydrogen) atoms. The molecule has 0 aliphatic heterocycles. The first-order chi connectivity index (χ1) is 9.01. The molecule has 0 aliphatic rings. The third-order valence-corrected chi connectivity index (χ3v) is 2.65. The highest BCUT2D eigenvalue weighted by molar-refractivity contribution is 6.30. The summed E-state index contributed by atoms with van der Waals surface area (Å²) in [5, 5.41) is 2.85. The van der Waals surface area contributed by atoms with Crippen LogP contribution in [-0.2, 0) is 16.1 Å². The summed E-state index contributed by atoms with van der Waals surface area (Å²) in [7, 11) is 1.87. The second-order valence-corrected chi connectivity index (χ2v) is 4.64. The molecule has 0 bridgehead atoms. The summed E-state index contributed by atoms with van der Waals surface area (Å²) in [6.07, 6.45) is -0.702. The monoisotopic (exact) mass is 285 g/mol. The van der Waals surface area contributed by atoms with E-state index in [4.69, 9.17) is 11.6 Å². The molecule has 1 aromatic rings. The molecule has 6 heteroatoms. The van der Waals surface area contributed by atoms with Crippen LogP contribution in [0.15, 0.2) is 24.3 Å². The van der Waals surface area contributed by atoms with E-state index in [1.807, 2.05) is 31.3 Å². The number of hydrogen-bond donors (Lipinski definition) is 2. The van der Waals surface area contributed by atoms with Crippen LogP contribution in [0.1, 0.15) is 12.5 Å². The normalized spacial score (nSPS) is 11.7. The van der Waals surface area contributed by atoms with Crippen molar-refractivity contribution >= 4 is 23.6 Å². The van der Waals surface area contributed by atoms with Crippen molar-refractivity contribution in [3.63, 3.8) is 0 Å². The third kappa shape index (κ3) is 6.22. The Kier molecular flexibility index (Phi) is 6.32. The van der Waals surface area contributed by atoms with E-state index in [-0.39, 0.29) is 19.1 Å². The van der Waals surface area contributed by atoms with Crippen LogP contribution in [0.25, 0.3) is 0 Å². The number of nitrogens with one attached hydrogen (secondary N) is 2. The van der Waals surface area contributed by atoms with Crippen molar-refractivity contribution in [2.45, 2.75) is 13.5 Å². The molecule has 0 spiro atoms. The van der Waals surface area contributed by atoms with Crippen molar-refractivity contribution in [1.82, 2.24) is 5.32 Å². The number of rotatable bonds is 5. The van der Waals surface area contributed by atoms with Gasteiger partial charge in [0.2, 0.25) is 0 Å².